The molecule has 0 saturated carbocycles. The summed E-state index contributed by atoms with van der Waals surface area (Å²) in [5.41, 5.74) is 0.903. The van der Waals surface area contributed by atoms with Gasteiger partial charge < -0.3 is 10.7 Å². The second-order valence-corrected chi connectivity index (χ2v) is 8.17. The first-order valence-electron chi connectivity index (χ1n) is 7.86. The second-order valence-electron chi connectivity index (χ2n) is 6.87. The molecule has 0 radical (unpaired) electrons. The smallest absolute Gasteiger partial charge is 0.235 e. The van der Waals surface area contributed by atoms with Crippen molar-refractivity contribution in [3.8, 4) is 0 Å². The quantitative estimate of drug-likeness (QED) is 0.664. The lowest BCUT2D eigenvalue weighted by Crippen LogP contribution is -2.33. The minimum Gasteiger partial charge on any atom is -0.340 e. The van der Waals surface area contributed by atoms with E-state index in [2.05, 4.69) is 10.2 Å². The Balaban J connectivity index is 2.03. The molecule has 130 valence electrons. The Hall–Kier alpha value is -2.02. The van der Waals surface area contributed by atoms with Gasteiger partial charge >= 0.3 is 0 Å². The standard InChI is InChI=1S/C17H25N5OS/c1-12(14(23)21(5)11-13-9-7-6-8-10-13)24-16-20-19-15(22(16)18)17(2,3)4/h6-10,12H,11,18H2,1-5H3. The van der Waals surface area contributed by atoms with Crippen LogP contribution < -0.4 is 5.84 Å². The molecule has 1 unspecified atom stereocenters. The molecule has 7 heteroatoms. The molecule has 1 heterocycles. The van der Waals surface area contributed by atoms with E-state index in [1.165, 1.54) is 16.4 Å². The maximum Gasteiger partial charge on any atom is 0.235 e. The van der Waals surface area contributed by atoms with E-state index in [0.717, 1.165) is 5.56 Å². The van der Waals surface area contributed by atoms with Crippen LogP contribution >= 0.6 is 11.8 Å². The number of carbonyl (C=O) groups excluding carboxylic acids is 1. The largest absolute Gasteiger partial charge is 0.340 e. The molecule has 0 bridgehead atoms. The summed E-state index contributed by atoms with van der Waals surface area (Å²) in [5, 5.41) is 8.54. The minimum atomic E-state index is -0.293. The third kappa shape index (κ3) is 4.29. The van der Waals surface area contributed by atoms with E-state index in [0.29, 0.717) is 17.5 Å². The van der Waals surface area contributed by atoms with Gasteiger partial charge in [-0.05, 0) is 12.5 Å². The monoisotopic (exact) mass is 347 g/mol. The summed E-state index contributed by atoms with van der Waals surface area (Å²) in [6.45, 7) is 8.51. The van der Waals surface area contributed by atoms with Crippen LogP contribution in [0.4, 0.5) is 0 Å². The average Bonchev–Trinajstić information content (AvgIpc) is 2.88. The van der Waals surface area contributed by atoms with Crippen molar-refractivity contribution < 1.29 is 4.79 Å². The van der Waals surface area contributed by atoms with Gasteiger partial charge in [-0.15, -0.1) is 10.2 Å². The van der Waals surface area contributed by atoms with Crippen LogP contribution in [0.5, 0.6) is 0 Å². The molecule has 0 aliphatic carbocycles. The number of nitrogens with two attached hydrogens (primary N) is 1. The van der Waals surface area contributed by atoms with E-state index < -0.39 is 0 Å². The fourth-order valence-corrected chi connectivity index (χ4v) is 3.21. The van der Waals surface area contributed by atoms with Crippen LogP contribution in [0.15, 0.2) is 35.5 Å². The van der Waals surface area contributed by atoms with Gasteiger partial charge in [-0.1, -0.05) is 62.9 Å². The van der Waals surface area contributed by atoms with E-state index in [4.69, 9.17) is 5.84 Å². The Morgan fingerprint density at radius 2 is 1.92 bits per heavy atom. The lowest BCUT2D eigenvalue weighted by Gasteiger charge is -2.21. The maximum absolute atomic E-state index is 12.6. The van der Waals surface area contributed by atoms with Crippen molar-refractivity contribution in [1.29, 1.82) is 0 Å². The molecule has 0 saturated heterocycles. The molecular weight excluding hydrogens is 322 g/mol. The summed E-state index contributed by atoms with van der Waals surface area (Å²) >= 11 is 1.33. The van der Waals surface area contributed by atoms with E-state index in [1.54, 1.807) is 11.9 Å². The van der Waals surface area contributed by atoms with Crippen molar-refractivity contribution in [2.45, 2.75) is 50.1 Å². The van der Waals surface area contributed by atoms with Gasteiger partial charge in [0.05, 0.1) is 5.25 Å². The highest BCUT2D eigenvalue weighted by molar-refractivity contribution is 8.00. The Labute approximate surface area is 147 Å². The van der Waals surface area contributed by atoms with Crippen LogP contribution in [0, 0.1) is 0 Å². The number of hydrogen-bond donors (Lipinski definition) is 1. The molecule has 0 aliphatic rings. The summed E-state index contributed by atoms with van der Waals surface area (Å²) < 4.78 is 1.48. The molecule has 1 aromatic carbocycles. The summed E-state index contributed by atoms with van der Waals surface area (Å²) in [6.07, 6.45) is 0. The van der Waals surface area contributed by atoms with Crippen molar-refractivity contribution in [2.75, 3.05) is 12.9 Å². The number of rotatable bonds is 5. The van der Waals surface area contributed by atoms with Gasteiger partial charge in [0.1, 0.15) is 0 Å². The molecule has 24 heavy (non-hydrogen) atoms. The predicted octanol–water partition coefficient (Wildman–Crippen LogP) is 2.43. The molecule has 0 fully saturated rings. The SMILES string of the molecule is CC(Sc1nnc(C(C)(C)C)n1N)C(=O)N(C)Cc1ccccc1. The van der Waals surface area contributed by atoms with E-state index in [9.17, 15) is 4.79 Å². The van der Waals surface area contributed by atoms with Crippen molar-refractivity contribution in [3.05, 3.63) is 41.7 Å². The molecule has 2 aromatic rings. The Morgan fingerprint density at radius 3 is 2.46 bits per heavy atom. The zero-order valence-electron chi connectivity index (χ0n) is 14.9. The highest BCUT2D eigenvalue weighted by atomic mass is 32.2. The third-order valence-corrected chi connectivity index (χ3v) is 4.65. The molecule has 0 aliphatic heterocycles. The minimum absolute atomic E-state index is 0.0316. The molecule has 2 rings (SSSR count). The first kappa shape index (κ1) is 18.3. The summed E-state index contributed by atoms with van der Waals surface area (Å²) in [6, 6.07) is 9.92. The molecular formula is C17H25N5OS. The maximum atomic E-state index is 12.6. The van der Waals surface area contributed by atoms with Crippen molar-refractivity contribution in [1.82, 2.24) is 19.8 Å². The van der Waals surface area contributed by atoms with Gasteiger partial charge in [0.25, 0.3) is 0 Å². The van der Waals surface area contributed by atoms with Gasteiger partial charge in [0.15, 0.2) is 5.82 Å². The van der Waals surface area contributed by atoms with Crippen molar-refractivity contribution in [3.63, 3.8) is 0 Å². The Morgan fingerprint density at radius 1 is 1.29 bits per heavy atom. The summed E-state index contributed by atoms with van der Waals surface area (Å²) in [4.78, 5) is 14.3. The van der Waals surface area contributed by atoms with E-state index in [-0.39, 0.29) is 16.6 Å². The first-order valence-corrected chi connectivity index (χ1v) is 8.74. The van der Waals surface area contributed by atoms with Crippen LogP contribution in [0.3, 0.4) is 0 Å². The van der Waals surface area contributed by atoms with Gasteiger partial charge in [0, 0.05) is 19.0 Å². The second kappa shape index (κ2) is 7.25. The number of thioether (sulfide) groups is 1. The molecule has 1 aromatic heterocycles. The van der Waals surface area contributed by atoms with Crippen LogP contribution in [-0.2, 0) is 16.8 Å². The van der Waals surface area contributed by atoms with Gasteiger partial charge in [-0.25, -0.2) is 4.68 Å². The zero-order valence-corrected chi connectivity index (χ0v) is 15.7. The van der Waals surface area contributed by atoms with Crippen LogP contribution in [0.1, 0.15) is 39.1 Å². The molecule has 1 atom stereocenters. The molecule has 0 spiro atoms. The molecule has 2 N–H and O–H groups in total. The van der Waals surface area contributed by atoms with E-state index in [1.807, 2.05) is 58.0 Å². The number of carbonyl (C=O) groups is 1. The number of aromatic nitrogens is 3. The number of hydrogen-bond acceptors (Lipinski definition) is 5. The van der Waals surface area contributed by atoms with Gasteiger partial charge in [0.2, 0.25) is 11.1 Å². The number of nitrogens with zero attached hydrogens (tertiary/aromatic N) is 4. The van der Waals surface area contributed by atoms with Gasteiger partial charge in [-0.2, -0.15) is 0 Å². The molecule has 6 nitrogen and oxygen atoms in total. The zero-order chi connectivity index (χ0) is 17.9. The lowest BCUT2D eigenvalue weighted by atomic mass is 9.96. The Kier molecular flexibility index (Phi) is 5.54. The highest BCUT2D eigenvalue weighted by Crippen LogP contribution is 2.26. The van der Waals surface area contributed by atoms with Crippen molar-refractivity contribution in [2.24, 2.45) is 0 Å². The number of benzene rings is 1. The fraction of sp³-hybridized carbons (Fsp3) is 0.471. The summed E-state index contributed by atoms with van der Waals surface area (Å²) in [5.74, 6) is 6.81. The average molecular weight is 347 g/mol. The van der Waals surface area contributed by atoms with Crippen LogP contribution in [-0.4, -0.2) is 38.0 Å². The first-order chi connectivity index (χ1) is 11.2. The lowest BCUT2D eigenvalue weighted by molar-refractivity contribution is -0.129. The topological polar surface area (TPSA) is 77.0 Å². The number of amides is 1. The van der Waals surface area contributed by atoms with Gasteiger partial charge in [-0.3, -0.25) is 4.79 Å². The normalized spacial score (nSPS) is 12.9. The third-order valence-electron chi connectivity index (χ3n) is 3.60. The van der Waals surface area contributed by atoms with Crippen molar-refractivity contribution >= 4 is 17.7 Å². The van der Waals surface area contributed by atoms with E-state index >= 15 is 0 Å². The fourth-order valence-electron chi connectivity index (χ4n) is 2.32. The summed E-state index contributed by atoms with van der Waals surface area (Å²) in [7, 11) is 1.81. The van der Waals surface area contributed by atoms with Crippen LogP contribution in [0.2, 0.25) is 0 Å². The molecule has 1 amide bonds. The van der Waals surface area contributed by atoms with Crippen LogP contribution in [0.25, 0.3) is 0 Å². The highest BCUT2D eigenvalue weighted by Gasteiger charge is 2.26. The predicted molar refractivity (Wildman–Crippen MR) is 97.1 cm³/mol. The number of nitrogen functional groups attached to an aromatic ring is 1. The Bertz CT molecular complexity index is 693.